The number of para-hydroxylation sites is 1. The van der Waals surface area contributed by atoms with E-state index in [9.17, 15) is 14.4 Å². The third kappa shape index (κ3) is 3.86. The van der Waals surface area contributed by atoms with Gasteiger partial charge in [0.25, 0.3) is 5.91 Å². The number of hydrogen-bond acceptors (Lipinski definition) is 5. The van der Waals surface area contributed by atoms with Crippen LogP contribution < -0.4 is 15.6 Å². The van der Waals surface area contributed by atoms with Crippen LogP contribution >= 0.6 is 0 Å². The summed E-state index contributed by atoms with van der Waals surface area (Å²) in [6, 6.07) is 15.2. The van der Waals surface area contributed by atoms with Crippen molar-refractivity contribution in [3.05, 3.63) is 71.4 Å². The number of H-pyrrole nitrogens is 1. The van der Waals surface area contributed by atoms with Gasteiger partial charge in [-0.25, -0.2) is 4.79 Å². The summed E-state index contributed by atoms with van der Waals surface area (Å²) < 4.78 is 0. The summed E-state index contributed by atoms with van der Waals surface area (Å²) >= 11 is 0. The fourth-order valence-electron chi connectivity index (χ4n) is 3.22. The molecule has 152 valence electrons. The molecule has 1 aromatic heterocycles. The van der Waals surface area contributed by atoms with E-state index < -0.39 is 11.9 Å². The van der Waals surface area contributed by atoms with Crippen LogP contribution in [0.4, 0.5) is 4.79 Å². The SMILES string of the molecule is CC(=O)NOc1ccccc1-c1[nH]nc2c1CN(C(=O)NC(=O)c1ccccc1)C2. The minimum atomic E-state index is -0.490. The summed E-state index contributed by atoms with van der Waals surface area (Å²) in [4.78, 5) is 42.9. The Morgan fingerprint density at radius 3 is 2.53 bits per heavy atom. The van der Waals surface area contributed by atoms with Crippen molar-refractivity contribution in [2.45, 2.75) is 20.0 Å². The molecule has 0 aliphatic carbocycles. The number of amides is 4. The number of carbonyl (C=O) groups excluding carboxylic acids is 3. The van der Waals surface area contributed by atoms with Gasteiger partial charge in [0.05, 0.1) is 24.5 Å². The summed E-state index contributed by atoms with van der Waals surface area (Å²) in [6.07, 6.45) is 0. The van der Waals surface area contributed by atoms with Crippen molar-refractivity contribution >= 4 is 17.8 Å². The van der Waals surface area contributed by atoms with Gasteiger partial charge in [0, 0.05) is 23.6 Å². The Kier molecular flexibility index (Phi) is 5.17. The van der Waals surface area contributed by atoms with Crippen LogP contribution in [0.25, 0.3) is 11.3 Å². The predicted octanol–water partition coefficient (Wildman–Crippen LogP) is 2.37. The largest absolute Gasteiger partial charge is 0.379 e. The van der Waals surface area contributed by atoms with Gasteiger partial charge in [-0.3, -0.25) is 20.0 Å². The third-order valence-corrected chi connectivity index (χ3v) is 4.65. The van der Waals surface area contributed by atoms with Gasteiger partial charge >= 0.3 is 6.03 Å². The Hall–Kier alpha value is -4.14. The molecule has 1 aliphatic rings. The maximum absolute atomic E-state index is 12.6. The molecule has 0 bridgehead atoms. The highest BCUT2D eigenvalue weighted by molar-refractivity contribution is 6.04. The molecule has 0 atom stereocenters. The molecule has 4 amide bonds. The van der Waals surface area contributed by atoms with Crippen LogP contribution in [0.3, 0.4) is 0 Å². The predicted molar refractivity (Wildman–Crippen MR) is 107 cm³/mol. The molecule has 30 heavy (non-hydrogen) atoms. The zero-order valence-corrected chi connectivity index (χ0v) is 16.1. The summed E-state index contributed by atoms with van der Waals surface area (Å²) in [5.74, 6) is -0.340. The van der Waals surface area contributed by atoms with E-state index in [1.165, 1.54) is 11.8 Å². The summed E-state index contributed by atoms with van der Waals surface area (Å²) in [6.45, 7) is 1.90. The van der Waals surface area contributed by atoms with Crippen molar-refractivity contribution in [2.24, 2.45) is 0 Å². The molecular formula is C21H19N5O4. The van der Waals surface area contributed by atoms with Crippen LogP contribution in [0.2, 0.25) is 0 Å². The molecule has 0 unspecified atom stereocenters. The molecule has 3 N–H and O–H groups in total. The quantitative estimate of drug-likeness (QED) is 0.576. The van der Waals surface area contributed by atoms with E-state index >= 15 is 0 Å². The third-order valence-electron chi connectivity index (χ3n) is 4.65. The molecule has 0 spiro atoms. The highest BCUT2D eigenvalue weighted by Gasteiger charge is 2.30. The average molecular weight is 405 g/mol. The minimum Gasteiger partial charge on any atom is -0.379 e. The number of rotatable bonds is 4. The number of nitrogens with one attached hydrogen (secondary N) is 3. The van der Waals surface area contributed by atoms with Crippen molar-refractivity contribution in [2.75, 3.05) is 0 Å². The first-order valence-electron chi connectivity index (χ1n) is 9.27. The second kappa shape index (κ2) is 8.08. The second-order valence-electron chi connectivity index (χ2n) is 6.76. The van der Waals surface area contributed by atoms with Crippen molar-refractivity contribution in [3.8, 4) is 17.0 Å². The Labute approximate surface area is 172 Å². The summed E-state index contributed by atoms with van der Waals surface area (Å²) in [5.41, 5.74) is 5.65. The number of carbonyl (C=O) groups is 3. The van der Waals surface area contributed by atoms with E-state index in [1.807, 2.05) is 12.1 Å². The van der Waals surface area contributed by atoms with E-state index in [-0.39, 0.29) is 19.0 Å². The lowest BCUT2D eigenvalue weighted by atomic mass is 10.1. The van der Waals surface area contributed by atoms with Gasteiger partial charge in [0.2, 0.25) is 5.91 Å². The number of aromatic amines is 1. The highest BCUT2D eigenvalue weighted by Crippen LogP contribution is 2.35. The fourth-order valence-corrected chi connectivity index (χ4v) is 3.22. The monoisotopic (exact) mass is 405 g/mol. The highest BCUT2D eigenvalue weighted by atomic mass is 16.7. The molecule has 3 aromatic rings. The lowest BCUT2D eigenvalue weighted by Gasteiger charge is -2.16. The summed E-state index contributed by atoms with van der Waals surface area (Å²) in [5, 5.41) is 9.69. The molecule has 9 heteroatoms. The zero-order chi connectivity index (χ0) is 21.1. The average Bonchev–Trinajstić information content (AvgIpc) is 3.34. The van der Waals surface area contributed by atoms with Crippen molar-refractivity contribution < 1.29 is 19.2 Å². The van der Waals surface area contributed by atoms with Crippen LogP contribution in [-0.4, -0.2) is 32.9 Å². The normalized spacial score (nSPS) is 12.2. The Morgan fingerprint density at radius 2 is 1.77 bits per heavy atom. The van der Waals surface area contributed by atoms with Gasteiger partial charge in [-0.1, -0.05) is 30.3 Å². The van der Waals surface area contributed by atoms with Crippen LogP contribution in [0.1, 0.15) is 28.5 Å². The molecule has 0 fully saturated rings. The van der Waals surface area contributed by atoms with E-state index in [0.29, 0.717) is 28.3 Å². The van der Waals surface area contributed by atoms with Gasteiger partial charge in [0.15, 0.2) is 5.75 Å². The Balaban J connectivity index is 1.50. The van der Waals surface area contributed by atoms with Gasteiger partial charge in [0.1, 0.15) is 0 Å². The molecular weight excluding hydrogens is 386 g/mol. The standard InChI is InChI=1S/C21H19N5O4/c1-13(27)25-30-18-10-6-5-9-15(18)19-16-11-26(12-17(16)23-24-19)21(29)22-20(28)14-7-3-2-4-8-14/h2-10H,11-12H2,1H3,(H,23,24)(H,25,27)(H,22,28,29). The van der Waals surface area contributed by atoms with Crippen molar-refractivity contribution in [3.63, 3.8) is 0 Å². The van der Waals surface area contributed by atoms with Crippen molar-refractivity contribution in [1.29, 1.82) is 0 Å². The molecule has 2 heterocycles. The first-order valence-corrected chi connectivity index (χ1v) is 9.27. The van der Waals surface area contributed by atoms with Gasteiger partial charge in [-0.2, -0.15) is 10.6 Å². The van der Waals surface area contributed by atoms with E-state index in [2.05, 4.69) is 21.0 Å². The first kappa shape index (κ1) is 19.2. The Bertz CT molecular complexity index is 1110. The van der Waals surface area contributed by atoms with E-state index in [1.54, 1.807) is 42.5 Å². The fraction of sp³-hybridized carbons (Fsp3) is 0.143. The number of nitrogens with zero attached hydrogens (tertiary/aromatic N) is 2. The van der Waals surface area contributed by atoms with Gasteiger partial charge < -0.3 is 9.74 Å². The number of urea groups is 1. The van der Waals surface area contributed by atoms with Gasteiger partial charge in [-0.15, -0.1) is 0 Å². The molecule has 9 nitrogen and oxygen atoms in total. The number of hydrogen-bond donors (Lipinski definition) is 3. The maximum atomic E-state index is 12.6. The molecule has 4 rings (SSSR count). The minimum absolute atomic E-state index is 0.272. The van der Waals surface area contributed by atoms with Crippen LogP contribution in [-0.2, 0) is 17.9 Å². The van der Waals surface area contributed by atoms with E-state index in [0.717, 1.165) is 5.56 Å². The summed E-state index contributed by atoms with van der Waals surface area (Å²) in [7, 11) is 0. The lowest BCUT2D eigenvalue weighted by Crippen LogP contribution is -2.40. The molecule has 2 aromatic carbocycles. The van der Waals surface area contributed by atoms with E-state index in [4.69, 9.17) is 4.84 Å². The first-order chi connectivity index (χ1) is 14.5. The van der Waals surface area contributed by atoms with Crippen LogP contribution in [0.15, 0.2) is 54.6 Å². The molecule has 0 saturated heterocycles. The number of aromatic nitrogens is 2. The lowest BCUT2D eigenvalue weighted by molar-refractivity contribution is -0.125. The topological polar surface area (TPSA) is 116 Å². The molecule has 0 radical (unpaired) electrons. The molecule has 0 saturated carbocycles. The zero-order valence-electron chi connectivity index (χ0n) is 16.1. The van der Waals surface area contributed by atoms with Crippen LogP contribution in [0.5, 0.6) is 5.75 Å². The van der Waals surface area contributed by atoms with Gasteiger partial charge in [-0.05, 0) is 24.3 Å². The van der Waals surface area contributed by atoms with Crippen LogP contribution in [0, 0.1) is 0 Å². The number of benzene rings is 2. The number of fused-ring (bicyclic) bond motifs is 1. The molecule has 1 aliphatic heterocycles. The maximum Gasteiger partial charge on any atom is 0.324 e. The number of imide groups is 1. The van der Waals surface area contributed by atoms with Crippen molar-refractivity contribution in [1.82, 2.24) is 25.9 Å². The smallest absolute Gasteiger partial charge is 0.324 e. The number of hydroxylamine groups is 1. The Morgan fingerprint density at radius 1 is 1.03 bits per heavy atom. The second-order valence-corrected chi connectivity index (χ2v) is 6.76.